The van der Waals surface area contributed by atoms with Crippen LogP contribution in [0.3, 0.4) is 0 Å². The van der Waals surface area contributed by atoms with E-state index in [1.807, 2.05) is 0 Å². The van der Waals surface area contributed by atoms with E-state index < -0.39 is 0 Å². The topological polar surface area (TPSA) is 23.5 Å². The van der Waals surface area contributed by atoms with E-state index >= 15 is 0 Å². The fraction of sp³-hybridized carbons (Fsp3) is 0.529. The summed E-state index contributed by atoms with van der Waals surface area (Å²) in [6, 6.07) is 4.42. The van der Waals surface area contributed by atoms with Crippen molar-refractivity contribution in [3.05, 3.63) is 35.7 Å². The molecular weight excluding hydrogens is 253 g/mol. The van der Waals surface area contributed by atoms with Crippen LogP contribution in [0.1, 0.15) is 24.8 Å². The molecule has 0 amide bonds. The maximum atomic E-state index is 13.6. The Kier molecular flexibility index (Phi) is 3.55. The molecule has 0 spiro atoms. The van der Waals surface area contributed by atoms with Gasteiger partial charge >= 0.3 is 0 Å². The Morgan fingerprint density at radius 1 is 1.25 bits per heavy atom. The standard InChI is InChI=1S/C17H22FNO/c1-19(2)10-17-12-4-3-11(5-12)6-16(17)13-7-14(18)9-15(20)8-13/h6-9,11-12,17,20H,3-5,10H2,1-2H3/t11-,12+,17?/m0/s1. The molecule has 20 heavy (non-hydrogen) atoms. The summed E-state index contributed by atoms with van der Waals surface area (Å²) in [5.41, 5.74) is 2.08. The molecule has 2 aliphatic rings. The lowest BCUT2D eigenvalue weighted by molar-refractivity contribution is 0.289. The largest absolute Gasteiger partial charge is 0.508 e. The van der Waals surface area contributed by atoms with Crippen LogP contribution in [0.2, 0.25) is 0 Å². The van der Waals surface area contributed by atoms with Crippen LogP contribution in [0.15, 0.2) is 24.3 Å². The van der Waals surface area contributed by atoms with E-state index in [2.05, 4.69) is 25.1 Å². The van der Waals surface area contributed by atoms with Gasteiger partial charge in [-0.2, -0.15) is 0 Å². The van der Waals surface area contributed by atoms with Crippen molar-refractivity contribution in [2.45, 2.75) is 19.3 Å². The lowest BCUT2D eigenvalue weighted by Crippen LogP contribution is -2.29. The first-order chi connectivity index (χ1) is 9.52. The Bertz CT molecular complexity index is 518. The zero-order valence-corrected chi connectivity index (χ0v) is 12.1. The molecule has 1 unspecified atom stereocenters. The van der Waals surface area contributed by atoms with E-state index in [9.17, 15) is 9.50 Å². The summed E-state index contributed by atoms with van der Waals surface area (Å²) in [6.45, 7) is 0.987. The third kappa shape index (κ3) is 2.59. The van der Waals surface area contributed by atoms with Gasteiger partial charge in [0, 0.05) is 12.6 Å². The van der Waals surface area contributed by atoms with Gasteiger partial charge in [-0.15, -0.1) is 0 Å². The molecule has 2 nitrogen and oxygen atoms in total. The van der Waals surface area contributed by atoms with Gasteiger partial charge < -0.3 is 10.0 Å². The predicted molar refractivity (Wildman–Crippen MR) is 78.9 cm³/mol. The van der Waals surface area contributed by atoms with Crippen LogP contribution in [-0.2, 0) is 0 Å². The van der Waals surface area contributed by atoms with Crippen LogP contribution in [0.25, 0.3) is 5.57 Å². The average Bonchev–Trinajstić information content (AvgIpc) is 2.74. The van der Waals surface area contributed by atoms with Crippen molar-refractivity contribution >= 4 is 5.57 Å². The molecule has 3 atom stereocenters. The highest BCUT2D eigenvalue weighted by atomic mass is 19.1. The van der Waals surface area contributed by atoms with Crippen LogP contribution in [0.5, 0.6) is 5.75 Å². The molecule has 0 heterocycles. The lowest BCUT2D eigenvalue weighted by Gasteiger charge is -2.32. The molecule has 108 valence electrons. The zero-order chi connectivity index (χ0) is 14.3. The molecule has 1 saturated carbocycles. The number of allylic oxidation sites excluding steroid dienone is 1. The summed E-state index contributed by atoms with van der Waals surface area (Å²) in [4.78, 5) is 2.20. The first kappa shape index (κ1) is 13.6. The summed E-state index contributed by atoms with van der Waals surface area (Å²) in [5, 5.41) is 9.66. The first-order valence-corrected chi connectivity index (χ1v) is 7.39. The van der Waals surface area contributed by atoms with E-state index in [0.717, 1.165) is 12.1 Å². The number of phenols is 1. The molecule has 0 radical (unpaired) electrons. The number of hydrogen-bond donors (Lipinski definition) is 1. The Morgan fingerprint density at radius 2 is 2.05 bits per heavy atom. The minimum Gasteiger partial charge on any atom is -0.508 e. The molecule has 1 fully saturated rings. The maximum Gasteiger partial charge on any atom is 0.127 e. The van der Waals surface area contributed by atoms with Gasteiger partial charge in [-0.05, 0) is 74.4 Å². The molecule has 1 N–H and O–H groups in total. The fourth-order valence-corrected chi connectivity index (χ4v) is 3.89. The highest BCUT2D eigenvalue weighted by molar-refractivity contribution is 5.70. The summed E-state index contributed by atoms with van der Waals surface area (Å²) >= 11 is 0. The third-order valence-corrected chi connectivity index (χ3v) is 4.68. The molecule has 0 aliphatic heterocycles. The monoisotopic (exact) mass is 275 g/mol. The van der Waals surface area contributed by atoms with Crippen LogP contribution in [-0.4, -0.2) is 30.6 Å². The van der Waals surface area contributed by atoms with Crippen molar-refractivity contribution in [3.63, 3.8) is 0 Å². The normalized spacial score (nSPS) is 28.8. The number of phenolic OH excluding ortho intramolecular Hbond substituents is 1. The van der Waals surface area contributed by atoms with Crippen molar-refractivity contribution in [3.8, 4) is 5.75 Å². The van der Waals surface area contributed by atoms with Gasteiger partial charge in [-0.1, -0.05) is 6.08 Å². The molecule has 0 aromatic heterocycles. The summed E-state index contributed by atoms with van der Waals surface area (Å²) in [5.74, 6) is 1.45. The van der Waals surface area contributed by atoms with Gasteiger partial charge in [0.1, 0.15) is 11.6 Å². The maximum absolute atomic E-state index is 13.6. The number of nitrogens with zero attached hydrogens (tertiary/aromatic N) is 1. The van der Waals surface area contributed by atoms with Gasteiger partial charge in [0.25, 0.3) is 0 Å². The van der Waals surface area contributed by atoms with Crippen molar-refractivity contribution in [1.82, 2.24) is 4.90 Å². The summed E-state index contributed by atoms with van der Waals surface area (Å²) in [6.07, 6.45) is 6.11. The SMILES string of the molecule is CN(C)CC1C(c2cc(O)cc(F)c2)=C[C@H]2CC[C@@H]1C2. The highest BCUT2D eigenvalue weighted by Gasteiger charge is 2.37. The first-order valence-electron chi connectivity index (χ1n) is 7.39. The van der Waals surface area contributed by atoms with E-state index in [1.165, 1.54) is 30.9 Å². The second-order valence-electron chi connectivity index (χ2n) is 6.52. The number of benzene rings is 1. The van der Waals surface area contributed by atoms with Crippen LogP contribution in [0.4, 0.5) is 4.39 Å². The highest BCUT2D eigenvalue weighted by Crippen LogP contribution is 2.48. The zero-order valence-electron chi connectivity index (χ0n) is 12.1. The van der Waals surface area contributed by atoms with Crippen LogP contribution < -0.4 is 0 Å². The number of fused-ring (bicyclic) bond motifs is 2. The van der Waals surface area contributed by atoms with E-state index in [0.29, 0.717) is 17.8 Å². The van der Waals surface area contributed by atoms with E-state index in [1.54, 1.807) is 12.1 Å². The Morgan fingerprint density at radius 3 is 2.75 bits per heavy atom. The van der Waals surface area contributed by atoms with Crippen molar-refractivity contribution in [2.75, 3.05) is 20.6 Å². The van der Waals surface area contributed by atoms with Crippen molar-refractivity contribution in [2.24, 2.45) is 17.8 Å². The quantitative estimate of drug-likeness (QED) is 0.912. The van der Waals surface area contributed by atoms with E-state index in [-0.39, 0.29) is 11.6 Å². The van der Waals surface area contributed by atoms with Gasteiger partial charge in [0.05, 0.1) is 0 Å². The molecule has 3 rings (SSSR count). The minimum absolute atomic E-state index is 0.0161. The van der Waals surface area contributed by atoms with E-state index in [4.69, 9.17) is 0 Å². The molecule has 2 bridgehead atoms. The Hall–Kier alpha value is -1.35. The molecule has 2 aliphatic carbocycles. The lowest BCUT2D eigenvalue weighted by atomic mass is 9.76. The Labute approximate surface area is 119 Å². The van der Waals surface area contributed by atoms with Crippen LogP contribution in [0, 0.1) is 23.6 Å². The summed E-state index contributed by atoms with van der Waals surface area (Å²) in [7, 11) is 4.17. The molecular formula is C17H22FNO. The number of hydrogen-bond acceptors (Lipinski definition) is 2. The average molecular weight is 275 g/mol. The minimum atomic E-state index is -0.359. The molecule has 0 saturated heterocycles. The summed E-state index contributed by atoms with van der Waals surface area (Å²) < 4.78 is 13.6. The Balaban J connectivity index is 1.99. The molecule has 1 aromatic carbocycles. The number of aromatic hydroxyl groups is 1. The third-order valence-electron chi connectivity index (χ3n) is 4.68. The van der Waals surface area contributed by atoms with Crippen LogP contribution >= 0.6 is 0 Å². The molecule has 3 heteroatoms. The van der Waals surface area contributed by atoms with Crippen molar-refractivity contribution in [1.29, 1.82) is 0 Å². The van der Waals surface area contributed by atoms with Gasteiger partial charge in [0.15, 0.2) is 0 Å². The number of halogens is 1. The number of rotatable bonds is 3. The second kappa shape index (κ2) is 5.21. The van der Waals surface area contributed by atoms with Gasteiger partial charge in [-0.25, -0.2) is 4.39 Å². The van der Waals surface area contributed by atoms with Gasteiger partial charge in [0.2, 0.25) is 0 Å². The van der Waals surface area contributed by atoms with Crippen molar-refractivity contribution < 1.29 is 9.50 Å². The fourth-order valence-electron chi connectivity index (χ4n) is 3.89. The smallest absolute Gasteiger partial charge is 0.127 e. The van der Waals surface area contributed by atoms with Gasteiger partial charge in [-0.3, -0.25) is 0 Å². The second-order valence-corrected chi connectivity index (χ2v) is 6.52. The predicted octanol–water partition coefficient (Wildman–Crippen LogP) is 3.52. The molecule has 1 aromatic rings.